The maximum absolute atomic E-state index is 13.1. The molecule has 0 N–H and O–H groups in total. The second kappa shape index (κ2) is 7.19. The summed E-state index contributed by atoms with van der Waals surface area (Å²) in [5.41, 5.74) is 1.97. The third-order valence-electron chi connectivity index (χ3n) is 4.78. The van der Waals surface area contributed by atoms with Gasteiger partial charge in [-0.3, -0.25) is 9.48 Å². The van der Waals surface area contributed by atoms with Gasteiger partial charge in [0.25, 0.3) is 5.91 Å². The van der Waals surface area contributed by atoms with E-state index in [1.54, 1.807) is 36.1 Å². The van der Waals surface area contributed by atoms with Gasteiger partial charge in [0, 0.05) is 45.0 Å². The Balaban J connectivity index is 1.47. The maximum atomic E-state index is 13.1. The van der Waals surface area contributed by atoms with E-state index in [2.05, 4.69) is 15.0 Å². The number of hydrogen-bond acceptors (Lipinski definition) is 4. The minimum atomic E-state index is -0.295. The molecule has 1 fully saturated rings. The van der Waals surface area contributed by atoms with Crippen LogP contribution in [0.4, 0.5) is 10.2 Å². The molecule has 3 aromatic rings. The minimum Gasteiger partial charge on any atom is -0.353 e. The molecule has 1 aliphatic rings. The summed E-state index contributed by atoms with van der Waals surface area (Å²) >= 11 is 0. The molecule has 7 heteroatoms. The van der Waals surface area contributed by atoms with Crippen LogP contribution in [0, 0.1) is 5.82 Å². The maximum Gasteiger partial charge on any atom is 0.272 e. The molecule has 3 heterocycles. The van der Waals surface area contributed by atoms with Gasteiger partial charge in [0.05, 0.1) is 5.69 Å². The Morgan fingerprint density at radius 1 is 1.04 bits per heavy atom. The number of carbonyl (C=O) groups excluding carboxylic acids is 1. The lowest BCUT2D eigenvalue weighted by molar-refractivity contribution is 0.0735. The first kappa shape index (κ1) is 17.2. The van der Waals surface area contributed by atoms with Crippen molar-refractivity contribution >= 4 is 11.7 Å². The SMILES string of the molecule is Cn1nc(-c2ccc(F)cc2)cc1C(=O)N1CCN(c2ccccn2)CC1. The van der Waals surface area contributed by atoms with Crippen LogP contribution in [0.15, 0.2) is 54.7 Å². The van der Waals surface area contributed by atoms with E-state index >= 15 is 0 Å². The molecule has 0 bridgehead atoms. The number of rotatable bonds is 3. The quantitative estimate of drug-likeness (QED) is 0.716. The van der Waals surface area contributed by atoms with Crippen molar-refractivity contribution in [1.29, 1.82) is 0 Å². The summed E-state index contributed by atoms with van der Waals surface area (Å²) in [4.78, 5) is 21.3. The van der Waals surface area contributed by atoms with Gasteiger partial charge in [0.15, 0.2) is 0 Å². The molecule has 0 saturated carbocycles. The summed E-state index contributed by atoms with van der Waals surface area (Å²) in [5, 5.41) is 4.42. The number of benzene rings is 1. The van der Waals surface area contributed by atoms with Crippen LogP contribution in [0.2, 0.25) is 0 Å². The Kier molecular flexibility index (Phi) is 4.58. The van der Waals surface area contributed by atoms with E-state index < -0.39 is 0 Å². The Bertz CT molecular complexity index is 931. The van der Waals surface area contributed by atoms with Gasteiger partial charge >= 0.3 is 0 Å². The van der Waals surface area contributed by atoms with Gasteiger partial charge in [-0.2, -0.15) is 5.10 Å². The Morgan fingerprint density at radius 2 is 1.78 bits per heavy atom. The second-order valence-electron chi connectivity index (χ2n) is 6.51. The van der Waals surface area contributed by atoms with Crippen molar-refractivity contribution < 1.29 is 9.18 Å². The van der Waals surface area contributed by atoms with Gasteiger partial charge in [-0.1, -0.05) is 6.07 Å². The van der Waals surface area contributed by atoms with Gasteiger partial charge in [0.1, 0.15) is 17.3 Å². The fourth-order valence-corrected chi connectivity index (χ4v) is 3.27. The smallest absolute Gasteiger partial charge is 0.272 e. The number of aryl methyl sites for hydroxylation is 1. The van der Waals surface area contributed by atoms with Gasteiger partial charge in [-0.25, -0.2) is 9.37 Å². The zero-order chi connectivity index (χ0) is 18.8. The standard InChI is InChI=1S/C20H20FN5O/c1-24-18(14-17(23-24)15-5-7-16(21)8-6-15)20(27)26-12-10-25(11-13-26)19-4-2-3-9-22-19/h2-9,14H,10-13H2,1H3. The second-order valence-corrected chi connectivity index (χ2v) is 6.51. The van der Waals surface area contributed by atoms with Crippen LogP contribution in [0.1, 0.15) is 10.5 Å². The first-order chi connectivity index (χ1) is 13.1. The summed E-state index contributed by atoms with van der Waals surface area (Å²) in [7, 11) is 1.75. The molecule has 1 amide bonds. The summed E-state index contributed by atoms with van der Waals surface area (Å²) in [5.74, 6) is 0.597. The van der Waals surface area contributed by atoms with E-state index in [1.165, 1.54) is 12.1 Å². The van der Waals surface area contributed by atoms with Gasteiger partial charge < -0.3 is 9.80 Å². The number of piperazine rings is 1. The fourth-order valence-electron chi connectivity index (χ4n) is 3.27. The van der Waals surface area contributed by atoms with E-state index in [9.17, 15) is 9.18 Å². The highest BCUT2D eigenvalue weighted by Gasteiger charge is 2.25. The molecule has 0 atom stereocenters. The topological polar surface area (TPSA) is 54.3 Å². The fraction of sp³-hybridized carbons (Fsp3) is 0.250. The van der Waals surface area contributed by atoms with E-state index in [0.29, 0.717) is 24.5 Å². The number of aromatic nitrogens is 3. The van der Waals surface area contributed by atoms with E-state index in [-0.39, 0.29) is 11.7 Å². The molecule has 27 heavy (non-hydrogen) atoms. The lowest BCUT2D eigenvalue weighted by Crippen LogP contribution is -2.49. The number of amides is 1. The average molecular weight is 365 g/mol. The highest BCUT2D eigenvalue weighted by atomic mass is 19.1. The monoisotopic (exact) mass is 365 g/mol. The highest BCUT2D eigenvalue weighted by Crippen LogP contribution is 2.21. The molecular formula is C20H20FN5O. The number of anilines is 1. The summed E-state index contributed by atoms with van der Waals surface area (Å²) < 4.78 is 14.7. The van der Waals surface area contributed by atoms with Crippen molar-refractivity contribution in [2.75, 3.05) is 31.1 Å². The molecule has 6 nitrogen and oxygen atoms in total. The molecule has 0 radical (unpaired) electrons. The van der Waals surface area contributed by atoms with E-state index in [4.69, 9.17) is 0 Å². The molecule has 0 spiro atoms. The molecule has 2 aromatic heterocycles. The van der Waals surface area contributed by atoms with Crippen molar-refractivity contribution in [3.05, 3.63) is 66.2 Å². The summed E-state index contributed by atoms with van der Waals surface area (Å²) in [6, 6.07) is 13.7. The van der Waals surface area contributed by atoms with Crippen LogP contribution in [0.3, 0.4) is 0 Å². The first-order valence-corrected chi connectivity index (χ1v) is 8.87. The van der Waals surface area contributed by atoms with Crippen LogP contribution in [-0.4, -0.2) is 51.8 Å². The lowest BCUT2D eigenvalue weighted by Gasteiger charge is -2.35. The van der Waals surface area contributed by atoms with Crippen molar-refractivity contribution in [2.24, 2.45) is 7.05 Å². The molecule has 1 saturated heterocycles. The molecular weight excluding hydrogens is 345 g/mol. The number of nitrogens with zero attached hydrogens (tertiary/aromatic N) is 5. The summed E-state index contributed by atoms with van der Waals surface area (Å²) in [6.45, 7) is 2.75. The van der Waals surface area contributed by atoms with Crippen LogP contribution in [0.25, 0.3) is 11.3 Å². The zero-order valence-electron chi connectivity index (χ0n) is 15.0. The average Bonchev–Trinajstić information content (AvgIpc) is 3.10. The predicted octanol–water partition coefficient (Wildman–Crippen LogP) is 2.58. The van der Waals surface area contributed by atoms with Crippen LogP contribution >= 0.6 is 0 Å². The Labute approximate surface area is 156 Å². The molecule has 0 aliphatic carbocycles. The molecule has 138 valence electrons. The van der Waals surface area contributed by atoms with Crippen molar-refractivity contribution in [2.45, 2.75) is 0 Å². The molecule has 0 unspecified atom stereocenters. The Hall–Kier alpha value is -3.22. The number of pyridine rings is 1. The van der Waals surface area contributed by atoms with E-state index in [0.717, 1.165) is 24.5 Å². The zero-order valence-corrected chi connectivity index (χ0v) is 15.0. The number of hydrogen-bond donors (Lipinski definition) is 0. The van der Waals surface area contributed by atoms with Crippen LogP contribution < -0.4 is 4.90 Å². The van der Waals surface area contributed by atoms with Crippen LogP contribution in [-0.2, 0) is 7.05 Å². The third-order valence-corrected chi connectivity index (χ3v) is 4.78. The Morgan fingerprint density at radius 3 is 2.44 bits per heavy atom. The number of halogens is 1. The third kappa shape index (κ3) is 3.53. The summed E-state index contributed by atoms with van der Waals surface area (Å²) in [6.07, 6.45) is 1.78. The molecule has 1 aliphatic heterocycles. The van der Waals surface area contributed by atoms with Crippen LogP contribution in [0.5, 0.6) is 0 Å². The predicted molar refractivity (Wildman–Crippen MR) is 101 cm³/mol. The number of carbonyl (C=O) groups is 1. The lowest BCUT2D eigenvalue weighted by atomic mass is 10.1. The minimum absolute atomic E-state index is 0.0426. The largest absolute Gasteiger partial charge is 0.353 e. The van der Waals surface area contributed by atoms with Crippen molar-refractivity contribution in [3.63, 3.8) is 0 Å². The van der Waals surface area contributed by atoms with Crippen molar-refractivity contribution in [1.82, 2.24) is 19.7 Å². The normalized spacial score (nSPS) is 14.4. The molecule has 4 rings (SSSR count). The molecule has 1 aromatic carbocycles. The van der Waals surface area contributed by atoms with Crippen molar-refractivity contribution in [3.8, 4) is 11.3 Å². The highest BCUT2D eigenvalue weighted by molar-refractivity contribution is 5.94. The first-order valence-electron chi connectivity index (χ1n) is 8.87. The van der Waals surface area contributed by atoms with Gasteiger partial charge in [-0.05, 0) is 42.5 Å². The van der Waals surface area contributed by atoms with Gasteiger partial charge in [0.2, 0.25) is 0 Å². The van der Waals surface area contributed by atoms with E-state index in [1.807, 2.05) is 23.1 Å². The van der Waals surface area contributed by atoms with Gasteiger partial charge in [-0.15, -0.1) is 0 Å².